The molecular formula is C33H33N3O6. The second kappa shape index (κ2) is 12.6. The number of ketones is 1. The molecule has 0 radical (unpaired) electrons. The molecule has 0 saturated carbocycles. The number of amides is 1. The third-order valence-electron chi connectivity index (χ3n) is 7.30. The van der Waals surface area contributed by atoms with Crippen LogP contribution in [0.5, 0.6) is 17.2 Å². The molecule has 216 valence electrons. The minimum Gasteiger partial charge on any atom is -0.507 e. The van der Waals surface area contributed by atoms with Crippen molar-refractivity contribution >= 4 is 17.4 Å². The fourth-order valence-electron chi connectivity index (χ4n) is 5.07. The van der Waals surface area contributed by atoms with Gasteiger partial charge in [-0.3, -0.25) is 9.59 Å². The van der Waals surface area contributed by atoms with E-state index < -0.39 is 17.7 Å². The lowest BCUT2D eigenvalue weighted by molar-refractivity contribution is -0.139. The van der Waals surface area contributed by atoms with Crippen LogP contribution in [0.4, 0.5) is 0 Å². The van der Waals surface area contributed by atoms with Crippen molar-refractivity contribution in [1.29, 1.82) is 0 Å². The first kappa shape index (κ1) is 28.5. The number of rotatable bonds is 11. The van der Waals surface area contributed by atoms with Gasteiger partial charge < -0.3 is 29.2 Å². The van der Waals surface area contributed by atoms with E-state index in [1.807, 2.05) is 42.0 Å². The van der Waals surface area contributed by atoms with E-state index in [1.54, 1.807) is 55.8 Å². The molecule has 4 aromatic rings. The molecule has 1 aliphatic heterocycles. The number of aromatic nitrogens is 2. The van der Waals surface area contributed by atoms with Crippen LogP contribution in [0, 0.1) is 6.92 Å². The summed E-state index contributed by atoms with van der Waals surface area (Å²) in [6.07, 6.45) is 5.75. The number of carbonyl (C=O) groups is 2. The highest BCUT2D eigenvalue weighted by Crippen LogP contribution is 2.42. The summed E-state index contributed by atoms with van der Waals surface area (Å²) in [5.41, 5.74) is 3.09. The number of imidazole rings is 1. The average molecular weight is 568 g/mol. The summed E-state index contributed by atoms with van der Waals surface area (Å²) in [7, 11) is 0. The molecule has 0 bridgehead atoms. The summed E-state index contributed by atoms with van der Waals surface area (Å²) < 4.78 is 13.4. The Bertz CT molecular complexity index is 1590. The van der Waals surface area contributed by atoms with Crippen LogP contribution in [0.2, 0.25) is 0 Å². The number of aliphatic hydroxyl groups excluding tert-OH is 1. The first-order valence-corrected chi connectivity index (χ1v) is 13.8. The van der Waals surface area contributed by atoms with E-state index in [-0.39, 0.29) is 29.4 Å². The number of benzene rings is 3. The summed E-state index contributed by atoms with van der Waals surface area (Å²) in [4.78, 5) is 32.2. The van der Waals surface area contributed by atoms with Gasteiger partial charge in [0.25, 0.3) is 11.7 Å². The quantitative estimate of drug-likeness (QED) is 0.142. The fourth-order valence-corrected chi connectivity index (χ4v) is 5.07. The first-order chi connectivity index (χ1) is 20.4. The maximum Gasteiger partial charge on any atom is 0.295 e. The molecule has 1 atom stereocenters. The van der Waals surface area contributed by atoms with Crippen LogP contribution in [0.15, 0.2) is 91.0 Å². The second-order valence-corrected chi connectivity index (χ2v) is 10.0. The molecule has 5 rings (SSSR count). The van der Waals surface area contributed by atoms with Crippen LogP contribution >= 0.6 is 0 Å². The Morgan fingerprint density at radius 1 is 1.00 bits per heavy atom. The average Bonchev–Trinajstić information content (AvgIpc) is 3.60. The molecule has 0 aliphatic carbocycles. The lowest BCUT2D eigenvalue weighted by Crippen LogP contribution is -2.31. The predicted molar refractivity (Wildman–Crippen MR) is 157 cm³/mol. The number of nitrogens with zero attached hydrogens (tertiary/aromatic N) is 3. The predicted octanol–water partition coefficient (Wildman–Crippen LogP) is 5.39. The number of aromatic hydroxyl groups is 1. The van der Waals surface area contributed by atoms with Gasteiger partial charge in [0, 0.05) is 31.0 Å². The van der Waals surface area contributed by atoms with E-state index in [2.05, 4.69) is 4.98 Å². The molecule has 3 aromatic carbocycles. The van der Waals surface area contributed by atoms with Crippen molar-refractivity contribution in [3.8, 4) is 17.2 Å². The smallest absolute Gasteiger partial charge is 0.295 e. The van der Waals surface area contributed by atoms with Crippen molar-refractivity contribution < 1.29 is 29.3 Å². The minimum atomic E-state index is -0.871. The highest BCUT2D eigenvalue weighted by molar-refractivity contribution is 6.46. The zero-order valence-corrected chi connectivity index (χ0v) is 23.6. The van der Waals surface area contributed by atoms with Gasteiger partial charge in [-0.15, -0.1) is 0 Å². The molecule has 42 heavy (non-hydrogen) atoms. The number of aliphatic hydroxyl groups is 1. The van der Waals surface area contributed by atoms with Gasteiger partial charge in [0.2, 0.25) is 0 Å². The van der Waals surface area contributed by atoms with Crippen LogP contribution in [-0.2, 0) is 22.7 Å². The molecular weight excluding hydrogens is 534 g/mol. The molecule has 9 nitrogen and oxygen atoms in total. The molecule has 1 fully saturated rings. The number of phenols is 1. The highest BCUT2D eigenvalue weighted by atomic mass is 16.5. The second-order valence-electron chi connectivity index (χ2n) is 10.0. The molecule has 2 heterocycles. The van der Waals surface area contributed by atoms with Crippen molar-refractivity contribution in [2.24, 2.45) is 0 Å². The first-order valence-electron chi connectivity index (χ1n) is 13.8. The zero-order valence-electron chi connectivity index (χ0n) is 23.6. The molecule has 2 N–H and O–H groups in total. The number of hydrogen-bond acceptors (Lipinski definition) is 7. The molecule has 9 heteroatoms. The summed E-state index contributed by atoms with van der Waals surface area (Å²) in [5.74, 6) is -0.978. The lowest BCUT2D eigenvalue weighted by atomic mass is 9.95. The van der Waals surface area contributed by atoms with Crippen LogP contribution in [0.3, 0.4) is 0 Å². The number of carbonyl (C=O) groups excluding carboxylic acids is 2. The maximum atomic E-state index is 13.4. The van der Waals surface area contributed by atoms with Crippen LogP contribution < -0.4 is 9.47 Å². The van der Waals surface area contributed by atoms with Crippen LogP contribution in [-0.4, -0.2) is 49.5 Å². The van der Waals surface area contributed by atoms with Gasteiger partial charge in [0.15, 0.2) is 11.5 Å². The fraction of sp³-hybridized carbons (Fsp3) is 0.242. The van der Waals surface area contributed by atoms with E-state index in [0.717, 1.165) is 11.1 Å². The molecule has 0 spiro atoms. The van der Waals surface area contributed by atoms with E-state index in [1.165, 1.54) is 11.0 Å². The van der Waals surface area contributed by atoms with Crippen molar-refractivity contribution in [3.63, 3.8) is 0 Å². The number of Topliss-reactive ketones (excluding diaryl/α,β-unsaturated/α-hetero) is 1. The Balaban J connectivity index is 1.45. The standard InChI is InChI=1S/C33H33N3O6/c1-3-41-28-19-24(11-14-27(28)37)30-29(32(39)33(40)36(30)17-6-16-35-18-15-34-21-35)31(38)23-9-12-26(13-10-23)42-20-25-8-5-4-7-22(25)2/h4-5,7-15,18-19,21,30,37-38H,3,6,16-17,20H2,1-2H3/b31-29+. The van der Waals surface area contributed by atoms with Gasteiger partial charge in [0.05, 0.1) is 24.5 Å². The van der Waals surface area contributed by atoms with Gasteiger partial charge in [-0.25, -0.2) is 4.98 Å². The van der Waals surface area contributed by atoms with E-state index in [4.69, 9.17) is 9.47 Å². The van der Waals surface area contributed by atoms with Crippen LogP contribution in [0.1, 0.15) is 41.6 Å². The number of aryl methyl sites for hydroxylation is 2. The van der Waals surface area contributed by atoms with Gasteiger partial charge in [-0.2, -0.15) is 0 Å². The lowest BCUT2D eigenvalue weighted by Gasteiger charge is -2.26. The van der Waals surface area contributed by atoms with Crippen molar-refractivity contribution in [1.82, 2.24) is 14.5 Å². The summed E-state index contributed by atoms with van der Waals surface area (Å²) in [5, 5.41) is 21.7. The van der Waals surface area contributed by atoms with E-state index in [9.17, 15) is 19.8 Å². The molecule has 1 aromatic heterocycles. The van der Waals surface area contributed by atoms with Gasteiger partial charge >= 0.3 is 0 Å². The minimum absolute atomic E-state index is 0.0238. The highest BCUT2D eigenvalue weighted by Gasteiger charge is 2.46. The van der Waals surface area contributed by atoms with Gasteiger partial charge in [0.1, 0.15) is 18.1 Å². The Kier molecular flexibility index (Phi) is 8.57. The zero-order chi connectivity index (χ0) is 29.6. The van der Waals surface area contributed by atoms with Gasteiger partial charge in [-0.05, 0) is 73.4 Å². The summed E-state index contributed by atoms with van der Waals surface area (Å²) >= 11 is 0. The molecule has 1 saturated heterocycles. The van der Waals surface area contributed by atoms with E-state index >= 15 is 0 Å². The molecule has 1 aliphatic rings. The largest absolute Gasteiger partial charge is 0.507 e. The summed E-state index contributed by atoms with van der Waals surface area (Å²) in [6, 6.07) is 18.6. The van der Waals surface area contributed by atoms with Crippen LogP contribution in [0.25, 0.3) is 5.76 Å². The topological polar surface area (TPSA) is 114 Å². The normalized spacial score (nSPS) is 16.1. The third kappa shape index (κ3) is 6.00. The monoisotopic (exact) mass is 567 g/mol. The number of ether oxygens (including phenoxy) is 2. The van der Waals surface area contributed by atoms with Crippen molar-refractivity contribution in [3.05, 3.63) is 113 Å². The number of hydrogen-bond donors (Lipinski definition) is 2. The Morgan fingerprint density at radius 3 is 2.50 bits per heavy atom. The number of likely N-dealkylation sites (tertiary alicyclic amines) is 1. The maximum absolute atomic E-state index is 13.4. The van der Waals surface area contributed by atoms with Gasteiger partial charge in [-0.1, -0.05) is 30.3 Å². The van der Waals surface area contributed by atoms with Crippen molar-refractivity contribution in [2.75, 3.05) is 13.2 Å². The van der Waals surface area contributed by atoms with Crippen molar-refractivity contribution in [2.45, 2.75) is 39.5 Å². The Hall–Kier alpha value is -5.05. The third-order valence-corrected chi connectivity index (χ3v) is 7.30. The molecule has 1 amide bonds. The SMILES string of the molecule is CCOc1cc(C2/C(=C(\O)c3ccc(OCc4ccccc4C)cc3)C(=O)C(=O)N2CCCn2ccnc2)ccc1O. The molecule has 1 unspecified atom stereocenters. The summed E-state index contributed by atoms with van der Waals surface area (Å²) in [6.45, 7) is 5.39. The van der Waals surface area contributed by atoms with E-state index in [0.29, 0.717) is 43.1 Å². The Morgan fingerprint density at radius 2 is 1.79 bits per heavy atom. The number of phenolic OH excluding ortho intramolecular Hbond substituents is 1. The Labute approximate surface area is 244 Å².